The van der Waals surface area contributed by atoms with E-state index in [-0.39, 0.29) is 18.1 Å². The van der Waals surface area contributed by atoms with Gasteiger partial charge in [-0.2, -0.15) is 0 Å². The molecule has 0 radical (unpaired) electrons. The van der Waals surface area contributed by atoms with E-state index < -0.39 is 10.7 Å². The van der Waals surface area contributed by atoms with Crippen molar-refractivity contribution in [3.05, 3.63) is 39.7 Å². The number of hydrogen-bond donors (Lipinski definition) is 1. The molecular formula is C15H23ClFN3O2. The molecule has 1 aliphatic heterocycles. The monoisotopic (exact) mass is 331 g/mol. The van der Waals surface area contributed by atoms with Gasteiger partial charge in [-0.3, -0.25) is 15.0 Å². The summed E-state index contributed by atoms with van der Waals surface area (Å²) in [6.45, 7) is 3.50. The lowest BCUT2D eigenvalue weighted by Crippen LogP contribution is -2.34. The van der Waals surface area contributed by atoms with E-state index in [0.29, 0.717) is 12.1 Å². The molecule has 1 aliphatic rings. The third kappa shape index (κ3) is 5.19. The predicted molar refractivity (Wildman–Crippen MR) is 86.8 cm³/mol. The van der Waals surface area contributed by atoms with Crippen LogP contribution in [0.3, 0.4) is 0 Å². The maximum atomic E-state index is 13.9. The van der Waals surface area contributed by atoms with Gasteiger partial charge in [0, 0.05) is 18.2 Å². The van der Waals surface area contributed by atoms with Crippen molar-refractivity contribution in [1.29, 1.82) is 0 Å². The first-order valence-electron chi connectivity index (χ1n) is 7.40. The minimum atomic E-state index is -0.569. The first-order valence-corrected chi connectivity index (χ1v) is 7.40. The molecule has 0 atom stereocenters. The number of hydrogen-bond acceptors (Lipinski definition) is 4. The van der Waals surface area contributed by atoms with E-state index in [2.05, 4.69) is 10.2 Å². The van der Waals surface area contributed by atoms with E-state index in [9.17, 15) is 14.5 Å². The number of rotatable bonds is 6. The van der Waals surface area contributed by atoms with Gasteiger partial charge in [-0.05, 0) is 57.9 Å². The lowest BCUT2D eigenvalue weighted by molar-refractivity contribution is -0.385. The molecule has 0 amide bonds. The Morgan fingerprint density at radius 2 is 2.09 bits per heavy atom. The van der Waals surface area contributed by atoms with Crippen LogP contribution in [-0.4, -0.2) is 36.5 Å². The fraction of sp³-hybridized carbons (Fsp3) is 0.600. The second kappa shape index (κ2) is 9.02. The van der Waals surface area contributed by atoms with E-state index >= 15 is 0 Å². The summed E-state index contributed by atoms with van der Waals surface area (Å²) in [5.41, 5.74) is 0.344. The third-order valence-corrected chi connectivity index (χ3v) is 4.15. The van der Waals surface area contributed by atoms with E-state index in [4.69, 9.17) is 0 Å². The van der Waals surface area contributed by atoms with Crippen LogP contribution in [0.1, 0.15) is 24.8 Å². The lowest BCUT2D eigenvalue weighted by atomic mass is 9.93. The Kier molecular flexibility index (Phi) is 7.72. The molecule has 124 valence electrons. The normalized spacial score (nSPS) is 16.3. The number of nitrogens with one attached hydrogen (secondary N) is 1. The molecule has 0 bridgehead atoms. The summed E-state index contributed by atoms with van der Waals surface area (Å²) in [6.07, 6.45) is 3.46. The van der Waals surface area contributed by atoms with Gasteiger partial charge in [0.25, 0.3) is 5.69 Å². The summed E-state index contributed by atoms with van der Waals surface area (Å²) in [7, 11) is 1.96. The zero-order valence-electron chi connectivity index (χ0n) is 12.8. The number of nitro benzene ring substituents is 1. The molecule has 1 aromatic rings. The second-order valence-corrected chi connectivity index (χ2v) is 5.64. The van der Waals surface area contributed by atoms with Crippen LogP contribution in [-0.2, 0) is 6.54 Å². The number of piperidine rings is 1. The summed E-state index contributed by atoms with van der Waals surface area (Å²) >= 11 is 0. The first-order chi connectivity index (χ1) is 10.1. The van der Waals surface area contributed by atoms with E-state index in [0.717, 1.165) is 44.5 Å². The van der Waals surface area contributed by atoms with Gasteiger partial charge in [-0.1, -0.05) is 0 Å². The Bertz CT molecular complexity index is 494. The highest BCUT2D eigenvalue weighted by molar-refractivity contribution is 5.85. The van der Waals surface area contributed by atoms with Crippen LogP contribution in [0.2, 0.25) is 0 Å². The summed E-state index contributed by atoms with van der Waals surface area (Å²) in [5.74, 6) is 0.261. The number of halogens is 2. The molecule has 1 N–H and O–H groups in total. The summed E-state index contributed by atoms with van der Waals surface area (Å²) in [4.78, 5) is 12.3. The molecule has 0 aliphatic carbocycles. The van der Waals surface area contributed by atoms with Crippen molar-refractivity contribution in [2.75, 3.05) is 26.7 Å². The average Bonchev–Trinajstić information content (AvgIpc) is 2.48. The van der Waals surface area contributed by atoms with Gasteiger partial charge in [-0.15, -0.1) is 12.4 Å². The highest BCUT2D eigenvalue weighted by Crippen LogP contribution is 2.23. The van der Waals surface area contributed by atoms with Gasteiger partial charge >= 0.3 is 0 Å². The number of benzene rings is 1. The van der Waals surface area contributed by atoms with Gasteiger partial charge in [0.1, 0.15) is 5.82 Å². The number of likely N-dealkylation sites (tertiary alicyclic amines) is 1. The zero-order chi connectivity index (χ0) is 15.2. The quantitative estimate of drug-likeness (QED) is 0.643. The number of nitrogens with zero attached hydrogens (tertiary/aromatic N) is 2. The molecule has 1 saturated heterocycles. The van der Waals surface area contributed by atoms with Crippen LogP contribution in [0.5, 0.6) is 0 Å². The molecule has 0 unspecified atom stereocenters. The van der Waals surface area contributed by atoms with Gasteiger partial charge < -0.3 is 5.32 Å². The summed E-state index contributed by atoms with van der Waals surface area (Å²) in [6, 6.07) is 3.91. The molecule has 1 aromatic carbocycles. The van der Waals surface area contributed by atoms with Crippen LogP contribution in [0.25, 0.3) is 0 Å². The predicted octanol–water partition coefficient (Wildman–Crippen LogP) is 2.98. The topological polar surface area (TPSA) is 58.4 Å². The largest absolute Gasteiger partial charge is 0.320 e. The SMILES string of the molecule is CNCCC1CCN(Cc2ccc([N+](=O)[O-])cc2F)CC1.Cl. The van der Waals surface area contributed by atoms with Crippen molar-refractivity contribution < 1.29 is 9.31 Å². The second-order valence-electron chi connectivity index (χ2n) is 5.64. The average molecular weight is 332 g/mol. The molecule has 1 heterocycles. The molecule has 7 heteroatoms. The Hall–Kier alpha value is -1.24. The Morgan fingerprint density at radius 3 is 2.64 bits per heavy atom. The Labute approximate surface area is 136 Å². The maximum Gasteiger partial charge on any atom is 0.272 e. The summed E-state index contributed by atoms with van der Waals surface area (Å²) < 4.78 is 13.9. The van der Waals surface area contributed by atoms with E-state index in [1.165, 1.54) is 18.6 Å². The lowest BCUT2D eigenvalue weighted by Gasteiger charge is -2.32. The highest BCUT2D eigenvalue weighted by atomic mass is 35.5. The zero-order valence-corrected chi connectivity index (χ0v) is 13.6. The molecule has 0 aromatic heterocycles. The maximum absolute atomic E-state index is 13.9. The Morgan fingerprint density at radius 1 is 1.41 bits per heavy atom. The van der Waals surface area contributed by atoms with Crippen molar-refractivity contribution in [2.24, 2.45) is 5.92 Å². The van der Waals surface area contributed by atoms with E-state index in [1.807, 2.05) is 7.05 Å². The van der Waals surface area contributed by atoms with Crippen molar-refractivity contribution in [3.63, 3.8) is 0 Å². The van der Waals surface area contributed by atoms with Crippen LogP contribution >= 0.6 is 12.4 Å². The van der Waals surface area contributed by atoms with Gasteiger partial charge in [0.2, 0.25) is 0 Å². The highest BCUT2D eigenvalue weighted by Gasteiger charge is 2.20. The standard InChI is InChI=1S/C15H22FN3O2.ClH/c1-17-7-4-12-5-8-18(9-6-12)11-13-2-3-14(19(20)21)10-15(13)16;/h2-3,10,12,17H,4-9,11H2,1H3;1H. The number of non-ortho nitro benzene ring substituents is 1. The van der Waals surface area contributed by atoms with E-state index in [1.54, 1.807) is 0 Å². The molecule has 0 saturated carbocycles. The Balaban J connectivity index is 0.00000242. The van der Waals surface area contributed by atoms with Crippen LogP contribution < -0.4 is 5.32 Å². The van der Waals surface area contributed by atoms with Crippen LogP contribution in [0.15, 0.2) is 18.2 Å². The molecule has 0 spiro atoms. The van der Waals surface area contributed by atoms with Crippen LogP contribution in [0, 0.1) is 21.8 Å². The van der Waals surface area contributed by atoms with Gasteiger partial charge in [-0.25, -0.2) is 4.39 Å². The van der Waals surface area contributed by atoms with Crippen molar-refractivity contribution in [3.8, 4) is 0 Å². The molecule has 2 rings (SSSR count). The first kappa shape index (κ1) is 18.8. The molecule has 5 nitrogen and oxygen atoms in total. The van der Waals surface area contributed by atoms with Crippen LogP contribution in [0.4, 0.5) is 10.1 Å². The van der Waals surface area contributed by atoms with Gasteiger partial charge in [0.05, 0.1) is 11.0 Å². The van der Waals surface area contributed by atoms with Crippen molar-refractivity contribution in [1.82, 2.24) is 10.2 Å². The fourth-order valence-electron chi connectivity index (χ4n) is 2.80. The third-order valence-electron chi connectivity index (χ3n) is 4.15. The summed E-state index contributed by atoms with van der Waals surface area (Å²) in [5, 5.41) is 13.8. The minimum absolute atomic E-state index is 0. The van der Waals surface area contributed by atoms with Gasteiger partial charge in [0.15, 0.2) is 0 Å². The van der Waals surface area contributed by atoms with Crippen molar-refractivity contribution in [2.45, 2.75) is 25.8 Å². The smallest absolute Gasteiger partial charge is 0.272 e. The molecule has 1 fully saturated rings. The number of nitro groups is 1. The minimum Gasteiger partial charge on any atom is -0.320 e. The molecular weight excluding hydrogens is 309 g/mol. The van der Waals surface area contributed by atoms with Crippen molar-refractivity contribution >= 4 is 18.1 Å². The fourth-order valence-corrected chi connectivity index (χ4v) is 2.80. The molecule has 22 heavy (non-hydrogen) atoms.